The number of hydrogen-bond donors (Lipinski definition) is 2. The first-order valence-corrected chi connectivity index (χ1v) is 11.0. The Balaban J connectivity index is 2.02. The van der Waals surface area contributed by atoms with E-state index in [1.807, 2.05) is 26.0 Å². The lowest BCUT2D eigenvalue weighted by atomic mass is 10.1. The second-order valence-electron chi connectivity index (χ2n) is 7.07. The molecule has 1 aromatic heterocycles. The number of esters is 1. The molecule has 30 heavy (non-hydrogen) atoms. The van der Waals surface area contributed by atoms with Crippen molar-refractivity contribution in [1.29, 1.82) is 0 Å². The summed E-state index contributed by atoms with van der Waals surface area (Å²) >= 11 is 1.31. The van der Waals surface area contributed by atoms with Crippen LogP contribution in [0, 0.1) is 0 Å². The SMILES string of the molecule is CCOC(=O)C1=C(CSc2nc3ccccc3c(=O)n2[C@H](C)CC)NC(=O)N[C@H]1C. The summed E-state index contributed by atoms with van der Waals surface area (Å²) in [4.78, 5) is 42.2. The van der Waals surface area contributed by atoms with E-state index in [0.29, 0.717) is 27.3 Å². The van der Waals surface area contributed by atoms with Crippen LogP contribution in [-0.2, 0) is 9.53 Å². The number of rotatable bonds is 7. The van der Waals surface area contributed by atoms with Gasteiger partial charge in [0.05, 0.1) is 29.1 Å². The van der Waals surface area contributed by atoms with Gasteiger partial charge in [0.1, 0.15) is 0 Å². The Labute approximate surface area is 179 Å². The van der Waals surface area contributed by atoms with Crippen LogP contribution in [0.5, 0.6) is 0 Å². The van der Waals surface area contributed by atoms with Crippen molar-refractivity contribution < 1.29 is 14.3 Å². The minimum absolute atomic E-state index is 0.0443. The standard InChI is InChI=1S/C21H26N4O4S/c1-5-12(3)25-18(26)14-9-7-8-10-15(14)24-21(25)30-11-16-17(19(27)29-6-2)13(4)22-20(28)23-16/h7-10,12-13H,5-6,11H2,1-4H3,(H2,22,23,28)/t12-,13+/m1/s1. The van der Waals surface area contributed by atoms with Crippen LogP contribution < -0.4 is 16.2 Å². The lowest BCUT2D eigenvalue weighted by molar-refractivity contribution is -0.138. The molecule has 1 aliphatic rings. The first-order chi connectivity index (χ1) is 14.4. The Morgan fingerprint density at radius 1 is 1.30 bits per heavy atom. The molecule has 2 heterocycles. The number of benzene rings is 1. The lowest BCUT2D eigenvalue weighted by Crippen LogP contribution is -2.49. The Hall–Kier alpha value is -2.81. The van der Waals surface area contributed by atoms with Crippen LogP contribution in [0.1, 0.15) is 40.2 Å². The fourth-order valence-electron chi connectivity index (χ4n) is 3.33. The molecular weight excluding hydrogens is 404 g/mol. The molecule has 0 aliphatic carbocycles. The van der Waals surface area contributed by atoms with Gasteiger partial charge in [-0.15, -0.1) is 0 Å². The van der Waals surface area contributed by atoms with Crippen molar-refractivity contribution >= 4 is 34.7 Å². The van der Waals surface area contributed by atoms with Crippen molar-refractivity contribution in [2.75, 3.05) is 12.4 Å². The monoisotopic (exact) mass is 430 g/mol. The van der Waals surface area contributed by atoms with Crippen LogP contribution >= 0.6 is 11.8 Å². The quantitative estimate of drug-likeness (QED) is 0.398. The molecule has 3 rings (SSSR count). The molecule has 0 fully saturated rings. The summed E-state index contributed by atoms with van der Waals surface area (Å²) in [5.41, 5.74) is 1.36. The zero-order valence-corrected chi connectivity index (χ0v) is 18.3. The van der Waals surface area contributed by atoms with Crippen molar-refractivity contribution in [3.63, 3.8) is 0 Å². The second-order valence-corrected chi connectivity index (χ2v) is 8.01. The van der Waals surface area contributed by atoms with Crippen LogP contribution in [0.3, 0.4) is 0 Å². The molecule has 160 valence electrons. The third-order valence-corrected chi connectivity index (χ3v) is 6.00. The summed E-state index contributed by atoms with van der Waals surface area (Å²) in [5, 5.41) is 6.51. The fraction of sp³-hybridized carbons (Fsp3) is 0.429. The highest BCUT2D eigenvalue weighted by atomic mass is 32.2. The number of carbonyl (C=O) groups excluding carboxylic acids is 2. The zero-order chi connectivity index (χ0) is 21.8. The van der Waals surface area contributed by atoms with Gasteiger partial charge in [0.15, 0.2) is 5.16 Å². The molecule has 1 aromatic carbocycles. The summed E-state index contributed by atoms with van der Waals surface area (Å²) < 4.78 is 6.84. The van der Waals surface area contributed by atoms with E-state index in [9.17, 15) is 14.4 Å². The van der Waals surface area contributed by atoms with Crippen LogP contribution in [0.25, 0.3) is 10.9 Å². The Morgan fingerprint density at radius 3 is 2.73 bits per heavy atom. The number of carbonyl (C=O) groups is 2. The number of ether oxygens (including phenoxy) is 1. The number of para-hydroxylation sites is 1. The summed E-state index contributed by atoms with van der Waals surface area (Å²) in [6.07, 6.45) is 0.766. The highest BCUT2D eigenvalue weighted by Crippen LogP contribution is 2.26. The number of nitrogens with zero attached hydrogens (tertiary/aromatic N) is 2. The number of hydrogen-bond acceptors (Lipinski definition) is 6. The molecule has 0 radical (unpaired) electrons. The van der Waals surface area contributed by atoms with Gasteiger partial charge in [0.25, 0.3) is 5.56 Å². The average molecular weight is 431 g/mol. The van der Waals surface area contributed by atoms with Crippen LogP contribution in [-0.4, -0.2) is 40.0 Å². The molecule has 2 atom stereocenters. The van der Waals surface area contributed by atoms with E-state index in [1.165, 1.54) is 11.8 Å². The molecule has 8 nitrogen and oxygen atoms in total. The normalized spacial score (nSPS) is 17.5. The smallest absolute Gasteiger partial charge is 0.337 e. The van der Waals surface area contributed by atoms with Crippen molar-refractivity contribution in [3.8, 4) is 0 Å². The number of amides is 2. The van der Waals surface area contributed by atoms with Gasteiger partial charge in [-0.25, -0.2) is 14.6 Å². The number of nitrogens with one attached hydrogen (secondary N) is 2. The molecule has 0 spiro atoms. The topological polar surface area (TPSA) is 102 Å². The van der Waals surface area contributed by atoms with E-state index in [-0.39, 0.29) is 30.0 Å². The van der Waals surface area contributed by atoms with Gasteiger partial charge in [-0.05, 0) is 39.3 Å². The number of fused-ring (bicyclic) bond motifs is 1. The van der Waals surface area contributed by atoms with E-state index in [0.717, 1.165) is 6.42 Å². The van der Waals surface area contributed by atoms with Crippen LogP contribution in [0.4, 0.5) is 4.79 Å². The molecule has 0 saturated heterocycles. The number of urea groups is 1. The second kappa shape index (κ2) is 9.34. The predicted octanol–water partition coefficient (Wildman–Crippen LogP) is 2.98. The third kappa shape index (κ3) is 4.35. The third-order valence-electron chi connectivity index (χ3n) is 5.02. The molecule has 0 bridgehead atoms. The van der Waals surface area contributed by atoms with Gasteiger partial charge >= 0.3 is 12.0 Å². The Morgan fingerprint density at radius 2 is 2.03 bits per heavy atom. The molecule has 2 N–H and O–H groups in total. The van der Waals surface area contributed by atoms with Gasteiger partial charge < -0.3 is 15.4 Å². The molecule has 1 aliphatic heterocycles. The molecule has 2 aromatic rings. The summed E-state index contributed by atoms with van der Waals surface area (Å²) in [6.45, 7) is 7.69. The summed E-state index contributed by atoms with van der Waals surface area (Å²) in [7, 11) is 0. The van der Waals surface area contributed by atoms with Crippen molar-refractivity contribution in [1.82, 2.24) is 20.2 Å². The van der Waals surface area contributed by atoms with E-state index in [2.05, 4.69) is 10.6 Å². The van der Waals surface area contributed by atoms with E-state index >= 15 is 0 Å². The fourth-order valence-corrected chi connectivity index (χ4v) is 4.39. The van der Waals surface area contributed by atoms with Crippen molar-refractivity contribution in [2.24, 2.45) is 0 Å². The lowest BCUT2D eigenvalue weighted by Gasteiger charge is -2.26. The maximum Gasteiger partial charge on any atom is 0.337 e. The first kappa shape index (κ1) is 21.9. The molecule has 9 heteroatoms. The number of aromatic nitrogens is 2. The van der Waals surface area contributed by atoms with E-state index in [1.54, 1.807) is 30.5 Å². The first-order valence-electron chi connectivity index (χ1n) is 9.99. The van der Waals surface area contributed by atoms with Gasteiger partial charge in [-0.3, -0.25) is 9.36 Å². The highest BCUT2D eigenvalue weighted by Gasteiger charge is 2.30. The van der Waals surface area contributed by atoms with Gasteiger partial charge in [0, 0.05) is 17.5 Å². The average Bonchev–Trinajstić information content (AvgIpc) is 2.71. The van der Waals surface area contributed by atoms with Gasteiger partial charge in [0.2, 0.25) is 0 Å². The van der Waals surface area contributed by atoms with Gasteiger partial charge in [-0.2, -0.15) is 0 Å². The Bertz CT molecular complexity index is 1060. The molecule has 0 unspecified atom stereocenters. The largest absolute Gasteiger partial charge is 0.463 e. The van der Waals surface area contributed by atoms with Crippen molar-refractivity contribution in [3.05, 3.63) is 45.9 Å². The van der Waals surface area contributed by atoms with E-state index in [4.69, 9.17) is 9.72 Å². The molecule has 2 amide bonds. The molecular formula is C21H26N4O4S. The predicted molar refractivity (Wildman–Crippen MR) is 117 cm³/mol. The molecule has 0 saturated carbocycles. The van der Waals surface area contributed by atoms with Gasteiger partial charge in [-0.1, -0.05) is 30.8 Å². The zero-order valence-electron chi connectivity index (χ0n) is 17.5. The van der Waals surface area contributed by atoms with Crippen LogP contribution in [0.2, 0.25) is 0 Å². The summed E-state index contributed by atoms with van der Waals surface area (Å²) in [5.74, 6) is -0.202. The minimum atomic E-state index is -0.477. The number of thioether (sulfide) groups is 1. The van der Waals surface area contributed by atoms with Crippen molar-refractivity contribution in [2.45, 2.75) is 51.4 Å². The maximum atomic E-state index is 13.1. The highest BCUT2D eigenvalue weighted by molar-refractivity contribution is 7.99. The van der Waals surface area contributed by atoms with Crippen LogP contribution in [0.15, 0.2) is 45.5 Å². The minimum Gasteiger partial charge on any atom is -0.463 e. The maximum absolute atomic E-state index is 13.1. The Kier molecular flexibility index (Phi) is 6.81. The summed E-state index contributed by atoms with van der Waals surface area (Å²) in [6, 6.07) is 6.34. The van der Waals surface area contributed by atoms with E-state index < -0.39 is 12.0 Å².